The van der Waals surface area contributed by atoms with E-state index in [1.54, 1.807) is 11.1 Å². The van der Waals surface area contributed by atoms with Crippen molar-refractivity contribution in [3.8, 4) is 0 Å². The number of carbonyl (C=O) groups is 1. The lowest BCUT2D eigenvalue weighted by molar-refractivity contribution is -0.123. The summed E-state index contributed by atoms with van der Waals surface area (Å²) in [5, 5.41) is 3.92. The van der Waals surface area contributed by atoms with Gasteiger partial charge in [0, 0.05) is 37.1 Å². The second-order valence-electron chi connectivity index (χ2n) is 7.48. The molecule has 1 aromatic heterocycles. The van der Waals surface area contributed by atoms with Gasteiger partial charge in [-0.2, -0.15) is 0 Å². The summed E-state index contributed by atoms with van der Waals surface area (Å²) in [6, 6.07) is 11.8. The minimum atomic E-state index is -0.145. The Kier molecular flexibility index (Phi) is 5.93. The third kappa shape index (κ3) is 4.50. The van der Waals surface area contributed by atoms with Gasteiger partial charge in [0.25, 0.3) is 5.91 Å². The fourth-order valence-corrected chi connectivity index (χ4v) is 3.93. The second-order valence-corrected chi connectivity index (χ2v) is 7.48. The number of rotatable bonds is 5. The van der Waals surface area contributed by atoms with Gasteiger partial charge < -0.3 is 20.4 Å². The number of aryl methyl sites for hydroxylation is 1. The third-order valence-electron chi connectivity index (χ3n) is 5.49. The van der Waals surface area contributed by atoms with Crippen molar-refractivity contribution in [3.05, 3.63) is 53.7 Å². The third-order valence-corrected chi connectivity index (χ3v) is 5.49. The average Bonchev–Trinajstić information content (AvgIpc) is 2.79. The van der Waals surface area contributed by atoms with E-state index in [4.69, 9.17) is 10.6 Å². The first-order chi connectivity index (χ1) is 14.2. The first kappa shape index (κ1) is 19.2. The normalized spacial score (nSPS) is 17.0. The molecule has 1 amide bonds. The Morgan fingerprint density at radius 2 is 1.90 bits per heavy atom. The van der Waals surface area contributed by atoms with Gasteiger partial charge in [-0.25, -0.2) is 4.98 Å². The second kappa shape index (κ2) is 8.94. The molecule has 1 saturated heterocycles. The van der Waals surface area contributed by atoms with Gasteiger partial charge in [-0.1, -0.05) is 23.4 Å². The number of oxime groups is 1. The van der Waals surface area contributed by atoms with E-state index in [-0.39, 0.29) is 18.3 Å². The highest BCUT2D eigenvalue weighted by Crippen LogP contribution is 2.26. The number of anilines is 2. The zero-order valence-electron chi connectivity index (χ0n) is 16.6. The molecule has 0 atom stereocenters. The summed E-state index contributed by atoms with van der Waals surface area (Å²) < 4.78 is 0. The molecule has 0 radical (unpaired) electrons. The van der Waals surface area contributed by atoms with Gasteiger partial charge in [0.1, 0.15) is 5.82 Å². The van der Waals surface area contributed by atoms with Crippen molar-refractivity contribution >= 4 is 23.2 Å². The van der Waals surface area contributed by atoms with E-state index in [2.05, 4.69) is 21.1 Å². The lowest BCUT2D eigenvalue weighted by Gasteiger charge is -2.29. The smallest absolute Gasteiger partial charge is 0.267 e. The van der Waals surface area contributed by atoms with Crippen LogP contribution in [0.3, 0.4) is 0 Å². The number of carbonyl (C=O) groups excluding carboxylic acids is 1. The first-order valence-electron chi connectivity index (χ1n) is 10.3. The summed E-state index contributed by atoms with van der Waals surface area (Å²) in [5.74, 6) is 1.06. The molecule has 0 aliphatic carbocycles. The molecule has 3 heterocycles. The fourth-order valence-electron chi connectivity index (χ4n) is 3.93. The zero-order chi connectivity index (χ0) is 20.1. The van der Waals surface area contributed by atoms with E-state index in [1.807, 2.05) is 30.3 Å². The number of piperidine rings is 1. The molecule has 2 aromatic rings. The number of fused-ring (bicyclic) bond motifs is 1. The number of pyridine rings is 1. The highest BCUT2D eigenvalue weighted by atomic mass is 16.6. The Morgan fingerprint density at radius 1 is 1.07 bits per heavy atom. The largest absolute Gasteiger partial charge is 0.384 e. The predicted molar refractivity (Wildman–Crippen MR) is 114 cm³/mol. The summed E-state index contributed by atoms with van der Waals surface area (Å²) in [6.07, 6.45) is 7.34. The Morgan fingerprint density at radius 3 is 2.69 bits per heavy atom. The predicted octanol–water partition coefficient (Wildman–Crippen LogP) is 2.69. The summed E-state index contributed by atoms with van der Waals surface area (Å²) in [7, 11) is 0. The van der Waals surface area contributed by atoms with Gasteiger partial charge in [0.2, 0.25) is 0 Å². The minimum Gasteiger partial charge on any atom is -0.384 e. The molecule has 2 N–H and O–H groups in total. The summed E-state index contributed by atoms with van der Waals surface area (Å²) in [5.41, 5.74) is 8.84. The molecule has 7 nitrogen and oxygen atoms in total. The topological polar surface area (TPSA) is 84.0 Å². The number of hydrogen-bond acceptors (Lipinski definition) is 5. The maximum absolute atomic E-state index is 12.6. The van der Waals surface area contributed by atoms with E-state index in [9.17, 15) is 4.79 Å². The number of aromatic nitrogens is 1. The van der Waals surface area contributed by atoms with E-state index in [1.165, 1.54) is 24.8 Å². The van der Waals surface area contributed by atoms with Crippen molar-refractivity contribution in [1.29, 1.82) is 0 Å². The molecular formula is C22H27N5O2. The van der Waals surface area contributed by atoms with E-state index in [0.717, 1.165) is 37.4 Å². The van der Waals surface area contributed by atoms with Gasteiger partial charge in [0.15, 0.2) is 12.4 Å². The van der Waals surface area contributed by atoms with Crippen LogP contribution in [0.2, 0.25) is 0 Å². The van der Waals surface area contributed by atoms with E-state index in [0.29, 0.717) is 12.1 Å². The van der Waals surface area contributed by atoms with Crippen LogP contribution in [0.5, 0.6) is 0 Å². The van der Waals surface area contributed by atoms with Gasteiger partial charge in [0.05, 0.1) is 0 Å². The summed E-state index contributed by atoms with van der Waals surface area (Å²) >= 11 is 0. The Balaban J connectivity index is 1.34. The summed E-state index contributed by atoms with van der Waals surface area (Å²) in [6.45, 7) is 2.64. The number of benzene rings is 1. The summed E-state index contributed by atoms with van der Waals surface area (Å²) in [4.78, 5) is 26.4. The number of amidine groups is 1. The maximum atomic E-state index is 12.6. The van der Waals surface area contributed by atoms with E-state index >= 15 is 0 Å². The fraction of sp³-hybridized carbons (Fsp3) is 0.409. The SMILES string of the molecule is N/C(=N\OCC(=O)N1CCCc2ccccc21)c1ccc(N2CCCCC2)nc1. The van der Waals surface area contributed by atoms with Crippen molar-refractivity contribution < 1.29 is 9.63 Å². The number of nitrogens with two attached hydrogens (primary N) is 1. The monoisotopic (exact) mass is 393 g/mol. The molecule has 4 rings (SSSR count). The van der Waals surface area contributed by atoms with Gasteiger partial charge in [-0.3, -0.25) is 4.79 Å². The molecule has 0 saturated carbocycles. The van der Waals surface area contributed by atoms with Crippen LogP contribution in [0.25, 0.3) is 0 Å². The molecule has 0 bridgehead atoms. The molecule has 152 valence electrons. The molecule has 1 aromatic carbocycles. The van der Waals surface area contributed by atoms with Crippen molar-refractivity contribution in [1.82, 2.24) is 4.98 Å². The van der Waals surface area contributed by atoms with Crippen LogP contribution >= 0.6 is 0 Å². The highest BCUT2D eigenvalue weighted by molar-refractivity contribution is 5.97. The molecule has 2 aliphatic heterocycles. The molecule has 0 unspecified atom stereocenters. The van der Waals surface area contributed by atoms with Crippen molar-refractivity contribution in [2.24, 2.45) is 10.9 Å². The number of hydrogen-bond donors (Lipinski definition) is 1. The van der Waals surface area contributed by atoms with Crippen LogP contribution in [-0.4, -0.2) is 43.0 Å². The Hall–Kier alpha value is -3.09. The number of amides is 1. The maximum Gasteiger partial charge on any atom is 0.267 e. The molecule has 7 heteroatoms. The van der Waals surface area contributed by atoms with Crippen molar-refractivity contribution in [3.63, 3.8) is 0 Å². The Labute approximate surface area is 171 Å². The lowest BCUT2D eigenvalue weighted by Crippen LogP contribution is -2.37. The van der Waals surface area contributed by atoms with Gasteiger partial charge >= 0.3 is 0 Å². The minimum absolute atomic E-state index is 0.118. The van der Waals surface area contributed by atoms with Crippen LogP contribution in [0.15, 0.2) is 47.8 Å². The average molecular weight is 393 g/mol. The highest BCUT2D eigenvalue weighted by Gasteiger charge is 2.22. The van der Waals surface area contributed by atoms with Crippen LogP contribution in [-0.2, 0) is 16.1 Å². The van der Waals surface area contributed by atoms with Crippen molar-refractivity contribution in [2.75, 3.05) is 36.0 Å². The van der Waals surface area contributed by atoms with Crippen molar-refractivity contribution in [2.45, 2.75) is 32.1 Å². The van der Waals surface area contributed by atoms with E-state index < -0.39 is 0 Å². The number of nitrogens with zero attached hydrogens (tertiary/aromatic N) is 4. The lowest BCUT2D eigenvalue weighted by atomic mass is 10.0. The standard InChI is InChI=1S/C22H27N5O2/c23-22(18-10-11-20(24-15-18)26-12-4-1-5-13-26)25-29-16-21(28)27-14-6-8-17-7-2-3-9-19(17)27/h2-3,7,9-11,15H,1,4-6,8,12-14,16H2,(H2,23,25). The molecule has 29 heavy (non-hydrogen) atoms. The molecular weight excluding hydrogens is 366 g/mol. The van der Waals surface area contributed by atoms with Crippen LogP contribution in [0, 0.1) is 0 Å². The first-order valence-corrected chi connectivity index (χ1v) is 10.3. The van der Waals surface area contributed by atoms with Gasteiger partial charge in [-0.05, 0) is 55.9 Å². The van der Waals surface area contributed by atoms with Crippen LogP contribution in [0.1, 0.15) is 36.8 Å². The van der Waals surface area contributed by atoms with Crippen LogP contribution in [0.4, 0.5) is 11.5 Å². The molecule has 2 aliphatic rings. The van der Waals surface area contributed by atoms with Gasteiger partial charge in [-0.15, -0.1) is 0 Å². The number of para-hydroxylation sites is 1. The van der Waals surface area contributed by atoms with Crippen LogP contribution < -0.4 is 15.5 Å². The zero-order valence-corrected chi connectivity index (χ0v) is 16.6. The Bertz CT molecular complexity index is 875. The molecule has 1 fully saturated rings. The quantitative estimate of drug-likeness (QED) is 0.480. The molecule has 0 spiro atoms.